The van der Waals surface area contributed by atoms with Gasteiger partial charge in [0.05, 0.1) is 23.9 Å². The van der Waals surface area contributed by atoms with Gasteiger partial charge in [0, 0.05) is 18.7 Å². The SMILES string of the molecule is O=C(Nc1ccc(C2S/C(=N\c3ccc(F)cc3Cl)N(CC3=CCCO3)C2=O)cc1)[C@@H]1CCCN1C(=O)OCc1ccccc1. The van der Waals surface area contributed by atoms with Crippen LogP contribution in [0, 0.1) is 5.82 Å². The van der Waals surface area contributed by atoms with Gasteiger partial charge in [-0.15, -0.1) is 0 Å². The molecule has 3 aliphatic heterocycles. The number of rotatable bonds is 8. The summed E-state index contributed by atoms with van der Waals surface area (Å²) in [6, 6.07) is 19.7. The number of hydrogen-bond acceptors (Lipinski definition) is 7. The molecule has 1 N–H and O–H groups in total. The number of halogens is 2. The van der Waals surface area contributed by atoms with Crippen molar-refractivity contribution in [1.29, 1.82) is 0 Å². The van der Waals surface area contributed by atoms with Gasteiger partial charge in [-0.05, 0) is 60.4 Å². The molecule has 3 aliphatic rings. The number of amidine groups is 1. The van der Waals surface area contributed by atoms with Crippen molar-refractivity contribution in [3.05, 3.63) is 107 Å². The third kappa shape index (κ3) is 7.15. The molecule has 45 heavy (non-hydrogen) atoms. The van der Waals surface area contributed by atoms with Crippen LogP contribution in [0.2, 0.25) is 5.02 Å². The summed E-state index contributed by atoms with van der Waals surface area (Å²) in [5, 5.41) is 2.86. The monoisotopic (exact) mass is 648 g/mol. The Balaban J connectivity index is 1.13. The zero-order valence-electron chi connectivity index (χ0n) is 24.2. The van der Waals surface area contributed by atoms with Crippen molar-refractivity contribution in [2.24, 2.45) is 4.99 Å². The molecule has 3 aromatic carbocycles. The number of hydrogen-bond donors (Lipinski definition) is 1. The van der Waals surface area contributed by atoms with Crippen LogP contribution in [0.4, 0.5) is 20.6 Å². The zero-order valence-corrected chi connectivity index (χ0v) is 25.7. The number of carbonyl (C=O) groups excluding carboxylic acids is 3. The van der Waals surface area contributed by atoms with Crippen LogP contribution in [0.1, 0.15) is 35.6 Å². The van der Waals surface area contributed by atoms with Crippen molar-refractivity contribution in [1.82, 2.24) is 9.80 Å². The molecule has 6 rings (SSSR count). The molecule has 0 saturated carbocycles. The molecule has 0 bridgehead atoms. The lowest BCUT2D eigenvalue weighted by molar-refractivity contribution is -0.126. The molecule has 0 spiro atoms. The average Bonchev–Trinajstić information content (AvgIpc) is 3.81. The Kier molecular flexibility index (Phi) is 9.37. The fourth-order valence-electron chi connectivity index (χ4n) is 5.33. The van der Waals surface area contributed by atoms with Gasteiger partial charge >= 0.3 is 6.09 Å². The van der Waals surface area contributed by atoms with Gasteiger partial charge in [0.15, 0.2) is 5.17 Å². The number of benzene rings is 3. The summed E-state index contributed by atoms with van der Waals surface area (Å²) in [5.41, 5.74) is 2.48. The minimum Gasteiger partial charge on any atom is -0.496 e. The highest BCUT2D eigenvalue weighted by atomic mass is 35.5. The minimum absolute atomic E-state index is 0.134. The van der Waals surface area contributed by atoms with E-state index in [1.165, 1.54) is 34.9 Å². The number of nitrogens with one attached hydrogen (secondary N) is 1. The van der Waals surface area contributed by atoms with Crippen LogP contribution >= 0.6 is 23.4 Å². The highest BCUT2D eigenvalue weighted by molar-refractivity contribution is 8.15. The number of thioether (sulfide) groups is 1. The lowest BCUT2D eigenvalue weighted by atomic mass is 10.1. The molecule has 2 atom stereocenters. The Labute approximate surface area is 269 Å². The van der Waals surface area contributed by atoms with E-state index in [4.69, 9.17) is 21.1 Å². The lowest BCUT2D eigenvalue weighted by Crippen LogP contribution is -2.43. The second-order valence-corrected chi connectivity index (χ2v) is 12.2. The Bertz CT molecular complexity index is 1650. The number of ether oxygens (including phenoxy) is 2. The molecule has 2 fully saturated rings. The standard InChI is InChI=1S/C33H30ClFN4O5S/c34-26-18-23(35)12-15-27(26)37-32-39(19-25-8-5-17-43-25)31(41)29(45-32)22-10-13-24(14-11-22)36-30(40)28-9-4-16-38(28)33(42)44-20-21-6-2-1-3-7-21/h1-3,6-8,10-15,18,28-29H,4-5,9,16-17,19-20H2,(H,36,40)/b37-32-/t28-,29?/m0/s1. The van der Waals surface area contributed by atoms with Crippen LogP contribution < -0.4 is 5.32 Å². The van der Waals surface area contributed by atoms with E-state index in [2.05, 4.69) is 10.3 Å². The van der Waals surface area contributed by atoms with Gasteiger partial charge in [-0.3, -0.25) is 19.4 Å². The Hall–Kier alpha value is -4.35. The molecule has 1 unspecified atom stereocenters. The first-order chi connectivity index (χ1) is 21.9. The van der Waals surface area contributed by atoms with E-state index in [0.29, 0.717) is 48.3 Å². The summed E-state index contributed by atoms with van der Waals surface area (Å²) < 4.78 is 24.7. The van der Waals surface area contributed by atoms with Crippen molar-refractivity contribution in [2.45, 2.75) is 37.2 Å². The van der Waals surface area contributed by atoms with Crippen molar-refractivity contribution in [2.75, 3.05) is 25.0 Å². The molecule has 0 radical (unpaired) electrons. The number of likely N-dealkylation sites (tertiary alicyclic amines) is 1. The quantitative estimate of drug-likeness (QED) is 0.288. The van der Waals surface area contributed by atoms with Gasteiger partial charge in [-0.2, -0.15) is 0 Å². The Morgan fingerprint density at radius 3 is 2.64 bits per heavy atom. The molecular weight excluding hydrogens is 619 g/mol. The fraction of sp³-hybridized carbons (Fsp3) is 0.273. The molecule has 9 nitrogen and oxygen atoms in total. The molecule has 3 amide bonds. The topological polar surface area (TPSA) is 101 Å². The first-order valence-corrected chi connectivity index (χ1v) is 15.8. The van der Waals surface area contributed by atoms with E-state index in [1.807, 2.05) is 36.4 Å². The minimum atomic E-state index is -0.641. The van der Waals surface area contributed by atoms with E-state index >= 15 is 0 Å². The van der Waals surface area contributed by atoms with Crippen LogP contribution in [0.3, 0.4) is 0 Å². The van der Waals surface area contributed by atoms with Crippen LogP contribution in [0.5, 0.6) is 0 Å². The molecule has 0 aliphatic carbocycles. The van der Waals surface area contributed by atoms with Gasteiger partial charge < -0.3 is 14.8 Å². The second-order valence-electron chi connectivity index (χ2n) is 10.7. The number of carbonyl (C=O) groups is 3. The summed E-state index contributed by atoms with van der Waals surface area (Å²) in [4.78, 5) is 47.2. The van der Waals surface area contributed by atoms with E-state index in [9.17, 15) is 18.8 Å². The zero-order chi connectivity index (χ0) is 31.3. The smallest absolute Gasteiger partial charge is 0.410 e. The number of anilines is 1. The maximum Gasteiger partial charge on any atom is 0.410 e. The molecule has 3 aromatic rings. The number of amides is 3. The normalized spacial score (nSPS) is 20.4. The van der Waals surface area contributed by atoms with Gasteiger partial charge in [-0.25, -0.2) is 14.2 Å². The van der Waals surface area contributed by atoms with E-state index in [-0.39, 0.29) is 30.0 Å². The Morgan fingerprint density at radius 2 is 1.91 bits per heavy atom. The first kappa shape index (κ1) is 30.7. The number of nitrogens with zero attached hydrogens (tertiary/aromatic N) is 3. The maximum atomic E-state index is 13.6. The summed E-state index contributed by atoms with van der Waals surface area (Å²) in [5.74, 6) is -0.273. The van der Waals surface area contributed by atoms with Gasteiger partial charge in [-0.1, -0.05) is 65.8 Å². The highest BCUT2D eigenvalue weighted by Gasteiger charge is 2.40. The summed E-state index contributed by atoms with van der Waals surface area (Å²) in [7, 11) is 0. The summed E-state index contributed by atoms with van der Waals surface area (Å²) >= 11 is 7.49. The predicted octanol–water partition coefficient (Wildman–Crippen LogP) is 6.83. The molecular formula is C33H30ClFN4O5S. The molecule has 12 heteroatoms. The summed E-state index contributed by atoms with van der Waals surface area (Å²) in [6.45, 7) is 1.36. The van der Waals surface area contributed by atoms with E-state index < -0.39 is 23.2 Å². The van der Waals surface area contributed by atoms with Crippen LogP contribution in [0.15, 0.2) is 89.6 Å². The van der Waals surface area contributed by atoms with E-state index in [1.54, 1.807) is 29.2 Å². The highest BCUT2D eigenvalue weighted by Crippen LogP contribution is 2.42. The van der Waals surface area contributed by atoms with Gasteiger partial charge in [0.2, 0.25) is 11.8 Å². The lowest BCUT2D eigenvalue weighted by Gasteiger charge is -2.23. The average molecular weight is 649 g/mol. The van der Waals surface area contributed by atoms with Crippen LogP contribution in [-0.2, 0) is 25.7 Å². The van der Waals surface area contributed by atoms with Crippen LogP contribution in [0.25, 0.3) is 0 Å². The maximum absolute atomic E-state index is 13.6. The van der Waals surface area contributed by atoms with E-state index in [0.717, 1.165) is 17.5 Å². The van der Waals surface area contributed by atoms with Crippen molar-refractivity contribution in [3.63, 3.8) is 0 Å². The molecule has 2 saturated heterocycles. The van der Waals surface area contributed by atoms with Crippen molar-refractivity contribution < 1.29 is 28.2 Å². The third-order valence-corrected chi connectivity index (χ3v) is 9.17. The van der Waals surface area contributed by atoms with Gasteiger partial charge in [0.1, 0.15) is 29.5 Å². The Morgan fingerprint density at radius 1 is 1.11 bits per heavy atom. The molecule has 3 heterocycles. The summed E-state index contributed by atoms with van der Waals surface area (Å²) in [6.07, 6.45) is 3.42. The molecule has 0 aromatic heterocycles. The predicted molar refractivity (Wildman–Crippen MR) is 171 cm³/mol. The molecule has 232 valence electrons. The fourth-order valence-corrected chi connectivity index (χ4v) is 6.71. The first-order valence-electron chi connectivity index (χ1n) is 14.6. The van der Waals surface area contributed by atoms with Crippen molar-refractivity contribution in [3.8, 4) is 0 Å². The van der Waals surface area contributed by atoms with Gasteiger partial charge in [0.25, 0.3) is 0 Å². The second kappa shape index (κ2) is 13.7. The third-order valence-electron chi connectivity index (χ3n) is 7.64. The largest absolute Gasteiger partial charge is 0.496 e. The number of aliphatic imine (C=N–C) groups is 1. The van der Waals surface area contributed by atoms with Crippen molar-refractivity contribution >= 4 is 57.8 Å². The van der Waals surface area contributed by atoms with Crippen LogP contribution in [-0.4, -0.2) is 58.6 Å².